The Labute approximate surface area is 166 Å². The minimum atomic E-state index is -0.407. The van der Waals surface area contributed by atoms with E-state index in [1.54, 1.807) is 6.07 Å². The van der Waals surface area contributed by atoms with Crippen LogP contribution >= 0.6 is 0 Å². The number of hydrogen-bond donors (Lipinski definition) is 2. The fraction of sp³-hybridized carbons (Fsp3) is 0.455. The highest BCUT2D eigenvalue weighted by Gasteiger charge is 2.22. The van der Waals surface area contributed by atoms with Crippen LogP contribution in [0.3, 0.4) is 0 Å². The zero-order valence-corrected chi connectivity index (χ0v) is 16.9. The lowest BCUT2D eigenvalue weighted by molar-refractivity contribution is -0.123. The Balaban J connectivity index is 1.55. The van der Waals surface area contributed by atoms with Gasteiger partial charge in [0.25, 0.3) is 11.8 Å². The number of ether oxygens (including phenoxy) is 1. The molecule has 1 aliphatic rings. The molecule has 0 bridgehead atoms. The lowest BCUT2D eigenvalue weighted by Gasteiger charge is -2.26. The molecule has 0 aliphatic heterocycles. The summed E-state index contributed by atoms with van der Waals surface area (Å²) in [4.78, 5) is 24.5. The van der Waals surface area contributed by atoms with Crippen LogP contribution in [-0.4, -0.2) is 23.0 Å². The van der Waals surface area contributed by atoms with Crippen LogP contribution in [0, 0.1) is 20.8 Å². The minimum Gasteiger partial charge on any atom is -0.484 e. The van der Waals surface area contributed by atoms with Crippen LogP contribution in [0.5, 0.6) is 5.75 Å². The zero-order chi connectivity index (χ0) is 20.1. The van der Waals surface area contributed by atoms with Gasteiger partial charge in [0.2, 0.25) is 0 Å². The Bertz CT molecular complexity index is 851. The van der Waals surface area contributed by atoms with Crippen molar-refractivity contribution in [3.63, 3.8) is 0 Å². The van der Waals surface area contributed by atoms with Crippen LogP contribution in [0.4, 0.5) is 0 Å². The molecule has 1 saturated carbocycles. The largest absolute Gasteiger partial charge is 0.484 e. The Morgan fingerprint density at radius 3 is 2.54 bits per heavy atom. The van der Waals surface area contributed by atoms with E-state index < -0.39 is 5.91 Å². The van der Waals surface area contributed by atoms with Crippen molar-refractivity contribution in [1.29, 1.82) is 0 Å². The van der Waals surface area contributed by atoms with E-state index in [9.17, 15) is 9.59 Å². The van der Waals surface area contributed by atoms with E-state index in [0.29, 0.717) is 17.4 Å². The predicted octanol–water partition coefficient (Wildman–Crippen LogP) is 3.76. The second-order valence-corrected chi connectivity index (χ2v) is 7.55. The third-order valence-electron chi connectivity index (χ3n) is 5.34. The molecule has 2 N–H and O–H groups in total. The third kappa shape index (κ3) is 4.74. The molecule has 0 atom stereocenters. The van der Waals surface area contributed by atoms with Crippen molar-refractivity contribution in [2.75, 3.05) is 6.61 Å². The molecule has 1 fully saturated rings. The number of nitrogens with zero attached hydrogens (tertiary/aromatic N) is 1. The zero-order valence-electron chi connectivity index (χ0n) is 16.9. The van der Waals surface area contributed by atoms with Gasteiger partial charge in [-0.25, -0.2) is 0 Å². The second kappa shape index (κ2) is 8.95. The Hall–Kier alpha value is -2.76. The monoisotopic (exact) mass is 383 g/mol. The molecule has 6 nitrogen and oxygen atoms in total. The summed E-state index contributed by atoms with van der Waals surface area (Å²) in [6.07, 6.45) is 6.08. The van der Waals surface area contributed by atoms with Gasteiger partial charge in [0, 0.05) is 17.4 Å². The maximum absolute atomic E-state index is 12.6. The van der Waals surface area contributed by atoms with Crippen molar-refractivity contribution in [2.45, 2.75) is 58.9 Å². The molecule has 1 heterocycles. The molecule has 6 heteroatoms. The van der Waals surface area contributed by atoms with Gasteiger partial charge in [-0.1, -0.05) is 31.4 Å². The predicted molar refractivity (Wildman–Crippen MR) is 108 cm³/mol. The Kier molecular flexibility index (Phi) is 6.39. The van der Waals surface area contributed by atoms with Crippen LogP contribution in [0.15, 0.2) is 30.3 Å². The average molecular weight is 383 g/mol. The number of nitrogens with one attached hydrogen (secondary N) is 2. The summed E-state index contributed by atoms with van der Waals surface area (Å²) in [5.41, 5.74) is 8.62. The normalized spacial score (nSPS) is 14.5. The Morgan fingerprint density at radius 1 is 1.07 bits per heavy atom. The molecule has 0 radical (unpaired) electrons. The molecular formula is C22H29N3O3. The fourth-order valence-corrected chi connectivity index (χ4v) is 3.99. The average Bonchev–Trinajstić information content (AvgIpc) is 2.99. The number of aryl methyl sites for hydroxylation is 2. The lowest BCUT2D eigenvalue weighted by Crippen LogP contribution is -2.44. The van der Waals surface area contributed by atoms with Crippen molar-refractivity contribution in [2.24, 2.45) is 0 Å². The number of rotatable bonds is 5. The highest BCUT2D eigenvalue weighted by atomic mass is 16.5. The quantitative estimate of drug-likeness (QED) is 0.772. The van der Waals surface area contributed by atoms with Gasteiger partial charge in [-0.3, -0.25) is 20.4 Å². The molecule has 1 aromatic heterocycles. The molecule has 2 amide bonds. The first-order valence-corrected chi connectivity index (χ1v) is 9.93. The number of carbonyl (C=O) groups excluding carboxylic acids is 2. The maximum atomic E-state index is 12.6. The summed E-state index contributed by atoms with van der Waals surface area (Å²) in [7, 11) is 0. The van der Waals surface area contributed by atoms with Gasteiger partial charge in [0.05, 0.1) is 5.56 Å². The summed E-state index contributed by atoms with van der Waals surface area (Å²) in [5.74, 6) is -0.0903. The lowest BCUT2D eigenvalue weighted by atomic mass is 9.95. The van der Waals surface area contributed by atoms with Crippen LogP contribution in [0.25, 0.3) is 0 Å². The van der Waals surface area contributed by atoms with Gasteiger partial charge < -0.3 is 9.30 Å². The highest BCUT2D eigenvalue weighted by Crippen LogP contribution is 2.32. The summed E-state index contributed by atoms with van der Waals surface area (Å²) in [6, 6.07) is 9.83. The van der Waals surface area contributed by atoms with E-state index in [-0.39, 0.29) is 12.5 Å². The van der Waals surface area contributed by atoms with E-state index in [4.69, 9.17) is 4.74 Å². The van der Waals surface area contributed by atoms with Crippen LogP contribution in [0.2, 0.25) is 0 Å². The summed E-state index contributed by atoms with van der Waals surface area (Å²) in [6.45, 7) is 5.80. The molecule has 150 valence electrons. The molecule has 0 saturated heterocycles. The van der Waals surface area contributed by atoms with E-state index in [1.165, 1.54) is 19.3 Å². The van der Waals surface area contributed by atoms with Crippen molar-refractivity contribution in [1.82, 2.24) is 15.4 Å². The summed E-state index contributed by atoms with van der Waals surface area (Å²) >= 11 is 0. The van der Waals surface area contributed by atoms with Crippen molar-refractivity contribution < 1.29 is 14.3 Å². The van der Waals surface area contributed by atoms with Crippen LogP contribution in [0.1, 0.15) is 65.5 Å². The number of benzene rings is 1. The topological polar surface area (TPSA) is 72.4 Å². The van der Waals surface area contributed by atoms with E-state index in [1.807, 2.05) is 45.0 Å². The van der Waals surface area contributed by atoms with Crippen molar-refractivity contribution >= 4 is 11.8 Å². The fourth-order valence-electron chi connectivity index (χ4n) is 3.99. The van der Waals surface area contributed by atoms with Crippen molar-refractivity contribution in [3.8, 4) is 5.75 Å². The van der Waals surface area contributed by atoms with E-state index >= 15 is 0 Å². The number of carbonyl (C=O) groups is 2. The maximum Gasteiger partial charge on any atom is 0.276 e. The van der Waals surface area contributed by atoms with Crippen LogP contribution < -0.4 is 15.6 Å². The Morgan fingerprint density at radius 2 is 1.82 bits per heavy atom. The summed E-state index contributed by atoms with van der Waals surface area (Å²) in [5, 5.41) is 0. The molecule has 28 heavy (non-hydrogen) atoms. The highest BCUT2D eigenvalue weighted by molar-refractivity contribution is 5.96. The second-order valence-electron chi connectivity index (χ2n) is 7.55. The number of hydrazine groups is 1. The van der Waals surface area contributed by atoms with E-state index in [0.717, 1.165) is 29.8 Å². The van der Waals surface area contributed by atoms with Gasteiger partial charge in [0.1, 0.15) is 5.75 Å². The van der Waals surface area contributed by atoms with Gasteiger partial charge in [-0.15, -0.1) is 0 Å². The standard InChI is InChI=1S/C22H29N3O3/c1-15-8-7-11-19(12-15)28-14-21(26)23-24-22(27)20-13-16(2)25(17(20)3)18-9-5-4-6-10-18/h7-8,11-13,18H,4-6,9-10,14H2,1-3H3,(H,23,26)(H,24,27). The molecule has 1 aliphatic carbocycles. The van der Waals surface area contributed by atoms with Gasteiger partial charge >= 0.3 is 0 Å². The molecular weight excluding hydrogens is 354 g/mol. The molecule has 3 rings (SSSR count). The van der Waals surface area contributed by atoms with Gasteiger partial charge in [-0.2, -0.15) is 0 Å². The van der Waals surface area contributed by atoms with Gasteiger partial charge in [-0.05, 0) is 57.4 Å². The van der Waals surface area contributed by atoms with Gasteiger partial charge in [0.15, 0.2) is 6.61 Å². The summed E-state index contributed by atoms with van der Waals surface area (Å²) < 4.78 is 7.72. The first-order chi connectivity index (χ1) is 13.5. The van der Waals surface area contributed by atoms with E-state index in [2.05, 4.69) is 15.4 Å². The van der Waals surface area contributed by atoms with Crippen LogP contribution in [-0.2, 0) is 4.79 Å². The third-order valence-corrected chi connectivity index (χ3v) is 5.34. The SMILES string of the molecule is Cc1cccc(OCC(=O)NNC(=O)c2cc(C)n(C3CCCCC3)c2C)c1. The number of hydrogen-bond acceptors (Lipinski definition) is 3. The molecule has 0 spiro atoms. The molecule has 2 aromatic rings. The first-order valence-electron chi connectivity index (χ1n) is 9.93. The number of amides is 2. The smallest absolute Gasteiger partial charge is 0.276 e. The van der Waals surface area contributed by atoms with Crippen molar-refractivity contribution in [3.05, 3.63) is 52.8 Å². The minimum absolute atomic E-state index is 0.162. The first kappa shape index (κ1) is 20.0. The molecule has 0 unspecified atom stereocenters. The molecule has 1 aromatic carbocycles. The number of aromatic nitrogens is 1.